The molecule has 30 heavy (non-hydrogen) atoms. The maximum Gasteiger partial charge on any atom is 0.490 e. The van der Waals surface area contributed by atoms with E-state index in [-0.39, 0.29) is 23.7 Å². The van der Waals surface area contributed by atoms with E-state index in [0.29, 0.717) is 38.9 Å². The van der Waals surface area contributed by atoms with Crippen LogP contribution < -0.4 is 4.90 Å². The Morgan fingerprint density at radius 1 is 1.17 bits per heavy atom. The first-order chi connectivity index (χ1) is 14.2. The van der Waals surface area contributed by atoms with Gasteiger partial charge in [-0.15, -0.1) is 0 Å². The zero-order valence-corrected chi connectivity index (χ0v) is 15.7. The van der Waals surface area contributed by atoms with E-state index in [2.05, 4.69) is 9.97 Å². The molecule has 0 saturated carbocycles. The quantitative estimate of drug-likeness (QED) is 0.688. The largest absolute Gasteiger partial charge is 0.490 e. The first-order valence-electron chi connectivity index (χ1n) is 9.21. The number of carbonyl (C=O) groups excluding carboxylic acids is 1. The number of rotatable bonds is 2. The van der Waals surface area contributed by atoms with Gasteiger partial charge in [-0.05, 0) is 12.3 Å². The van der Waals surface area contributed by atoms with Gasteiger partial charge in [0.15, 0.2) is 5.82 Å². The summed E-state index contributed by atoms with van der Waals surface area (Å²) >= 11 is 0. The second-order valence-corrected chi connectivity index (χ2v) is 7.10. The van der Waals surface area contributed by atoms with E-state index in [0.717, 1.165) is 13.0 Å². The van der Waals surface area contributed by atoms with E-state index in [4.69, 9.17) is 19.5 Å². The van der Waals surface area contributed by atoms with Crippen LogP contribution in [0.15, 0.2) is 12.4 Å². The molecular weight excluding hydrogens is 416 g/mol. The van der Waals surface area contributed by atoms with Crippen molar-refractivity contribution in [2.45, 2.75) is 12.6 Å². The van der Waals surface area contributed by atoms with Crippen LogP contribution in [0.25, 0.3) is 0 Å². The van der Waals surface area contributed by atoms with Crippen molar-refractivity contribution in [2.24, 2.45) is 17.8 Å². The SMILES string of the molecule is O=C(O)C(F)(F)F.O=C([C@H]1COC[C@H]2CN(c3ncc(F)cn3)C[C@H]21)N1CCCO1. The van der Waals surface area contributed by atoms with Gasteiger partial charge in [0.25, 0.3) is 5.91 Å². The van der Waals surface area contributed by atoms with Gasteiger partial charge in [0.2, 0.25) is 5.95 Å². The van der Waals surface area contributed by atoms with Crippen molar-refractivity contribution in [1.29, 1.82) is 0 Å². The number of hydrogen-bond donors (Lipinski definition) is 1. The summed E-state index contributed by atoms with van der Waals surface area (Å²) in [5.74, 6) is -2.44. The van der Waals surface area contributed by atoms with Crippen molar-refractivity contribution in [3.05, 3.63) is 18.2 Å². The van der Waals surface area contributed by atoms with Crippen molar-refractivity contribution in [1.82, 2.24) is 15.0 Å². The number of amides is 1. The Balaban J connectivity index is 0.000000318. The Morgan fingerprint density at radius 3 is 2.40 bits per heavy atom. The molecule has 4 rings (SSSR count). The van der Waals surface area contributed by atoms with Gasteiger partial charge in [0.1, 0.15) is 0 Å². The Labute approximate surface area is 168 Å². The molecule has 1 amide bonds. The molecule has 0 radical (unpaired) electrons. The topological polar surface area (TPSA) is 105 Å². The van der Waals surface area contributed by atoms with E-state index in [1.165, 1.54) is 17.5 Å². The number of alkyl halides is 3. The minimum absolute atomic E-state index is 0.0130. The van der Waals surface area contributed by atoms with Gasteiger partial charge in [0.05, 0.1) is 44.7 Å². The predicted molar refractivity (Wildman–Crippen MR) is 91.5 cm³/mol. The van der Waals surface area contributed by atoms with Gasteiger partial charge in [0, 0.05) is 19.0 Å². The molecule has 1 aromatic rings. The van der Waals surface area contributed by atoms with Gasteiger partial charge >= 0.3 is 12.1 Å². The minimum atomic E-state index is -5.08. The third kappa shape index (κ3) is 5.14. The molecule has 1 aromatic heterocycles. The Morgan fingerprint density at radius 2 is 1.83 bits per heavy atom. The first kappa shape index (κ1) is 22.2. The van der Waals surface area contributed by atoms with Crippen LogP contribution >= 0.6 is 0 Å². The van der Waals surface area contributed by atoms with Crippen molar-refractivity contribution < 1.29 is 41.8 Å². The fourth-order valence-electron chi connectivity index (χ4n) is 3.69. The summed E-state index contributed by atoms with van der Waals surface area (Å²) in [7, 11) is 0. The Hall–Kier alpha value is -2.54. The highest BCUT2D eigenvalue weighted by molar-refractivity contribution is 5.79. The zero-order valence-electron chi connectivity index (χ0n) is 15.7. The summed E-state index contributed by atoms with van der Waals surface area (Å²) in [5.41, 5.74) is 0. The normalized spacial score (nSPS) is 26.1. The van der Waals surface area contributed by atoms with Crippen LogP contribution in [-0.4, -0.2) is 77.6 Å². The molecule has 0 aliphatic carbocycles. The summed E-state index contributed by atoms with van der Waals surface area (Å²) in [6.45, 7) is 3.72. The van der Waals surface area contributed by atoms with Crippen molar-refractivity contribution in [2.75, 3.05) is 44.4 Å². The van der Waals surface area contributed by atoms with Gasteiger partial charge in [-0.2, -0.15) is 13.2 Å². The third-order valence-electron chi connectivity index (χ3n) is 5.09. The number of nitrogens with zero attached hydrogens (tertiary/aromatic N) is 4. The highest BCUT2D eigenvalue weighted by atomic mass is 19.4. The molecule has 0 bridgehead atoms. The average molecular weight is 436 g/mol. The molecule has 0 aromatic carbocycles. The molecule has 3 atom stereocenters. The summed E-state index contributed by atoms with van der Waals surface area (Å²) in [6, 6.07) is 0. The molecule has 3 saturated heterocycles. The lowest BCUT2D eigenvalue weighted by molar-refractivity contribution is -0.192. The lowest BCUT2D eigenvalue weighted by Crippen LogP contribution is -2.45. The molecule has 4 heterocycles. The summed E-state index contributed by atoms with van der Waals surface area (Å²) < 4.78 is 50.4. The molecule has 13 heteroatoms. The maximum atomic E-state index is 13.0. The number of halogens is 4. The Bertz CT molecular complexity index is 758. The van der Waals surface area contributed by atoms with E-state index >= 15 is 0 Å². The molecule has 3 fully saturated rings. The summed E-state index contributed by atoms with van der Waals surface area (Å²) in [5, 5.41) is 8.60. The highest BCUT2D eigenvalue weighted by Crippen LogP contribution is 2.36. The highest BCUT2D eigenvalue weighted by Gasteiger charge is 2.46. The molecule has 0 spiro atoms. The number of hydrogen-bond acceptors (Lipinski definition) is 7. The van der Waals surface area contributed by atoms with Crippen LogP contribution in [0, 0.1) is 23.6 Å². The molecule has 166 valence electrons. The van der Waals surface area contributed by atoms with Crippen molar-refractivity contribution in [3.8, 4) is 0 Å². The lowest BCUT2D eigenvalue weighted by atomic mass is 9.82. The number of hydroxylamine groups is 2. The molecule has 3 aliphatic rings. The number of carboxylic acid groups (broad SMARTS) is 1. The van der Waals surface area contributed by atoms with E-state index in [1.54, 1.807) is 0 Å². The number of fused-ring (bicyclic) bond motifs is 1. The van der Waals surface area contributed by atoms with E-state index < -0.39 is 18.0 Å². The van der Waals surface area contributed by atoms with Crippen LogP contribution in [0.5, 0.6) is 0 Å². The predicted octanol–water partition coefficient (Wildman–Crippen LogP) is 1.11. The number of carboxylic acids is 1. The van der Waals surface area contributed by atoms with Crippen LogP contribution in [0.1, 0.15) is 6.42 Å². The van der Waals surface area contributed by atoms with Crippen LogP contribution in [0.3, 0.4) is 0 Å². The van der Waals surface area contributed by atoms with E-state index in [9.17, 15) is 22.4 Å². The maximum absolute atomic E-state index is 13.0. The third-order valence-corrected chi connectivity index (χ3v) is 5.09. The van der Waals surface area contributed by atoms with Crippen LogP contribution in [0.4, 0.5) is 23.5 Å². The van der Waals surface area contributed by atoms with Gasteiger partial charge in [-0.1, -0.05) is 0 Å². The zero-order chi connectivity index (χ0) is 21.9. The first-order valence-corrected chi connectivity index (χ1v) is 9.21. The van der Waals surface area contributed by atoms with E-state index in [1.807, 2.05) is 4.90 Å². The molecular formula is C17H20F4N4O5. The van der Waals surface area contributed by atoms with Gasteiger partial charge in [-0.25, -0.2) is 24.2 Å². The molecule has 9 nitrogen and oxygen atoms in total. The summed E-state index contributed by atoms with van der Waals surface area (Å²) in [4.78, 5) is 37.0. The van der Waals surface area contributed by atoms with Gasteiger partial charge < -0.3 is 14.7 Å². The molecule has 3 aliphatic heterocycles. The number of anilines is 1. The molecule has 0 unspecified atom stereocenters. The number of ether oxygens (including phenoxy) is 1. The fourth-order valence-corrected chi connectivity index (χ4v) is 3.69. The Kier molecular flexibility index (Phi) is 6.71. The minimum Gasteiger partial charge on any atom is -0.475 e. The number of aliphatic carboxylic acids is 1. The molecule has 1 N–H and O–H groups in total. The monoisotopic (exact) mass is 436 g/mol. The van der Waals surface area contributed by atoms with Crippen molar-refractivity contribution in [3.63, 3.8) is 0 Å². The number of aromatic nitrogens is 2. The van der Waals surface area contributed by atoms with Crippen molar-refractivity contribution >= 4 is 17.8 Å². The second-order valence-electron chi connectivity index (χ2n) is 7.10. The lowest BCUT2D eigenvalue weighted by Gasteiger charge is -2.33. The number of carbonyl (C=O) groups is 2. The average Bonchev–Trinajstić information content (AvgIpc) is 3.37. The smallest absolute Gasteiger partial charge is 0.475 e. The second kappa shape index (κ2) is 9.08. The van der Waals surface area contributed by atoms with Gasteiger partial charge in [-0.3, -0.25) is 9.63 Å². The standard InChI is InChI=1S/C15H19FN4O3.C2HF3O2/c16-11-4-17-15(18-5-11)19-6-10-8-22-9-13(12(10)7-19)14(21)20-2-1-3-23-20;3-2(4,5)1(6)7/h4-5,10,12-13H,1-3,6-9H2;(H,6,7)/t10-,12-,13+;/m1./s1. The fraction of sp³-hybridized carbons (Fsp3) is 0.647. The van der Waals surface area contributed by atoms with Crippen LogP contribution in [-0.2, 0) is 19.2 Å². The van der Waals surface area contributed by atoms with Crippen LogP contribution in [0.2, 0.25) is 0 Å². The summed E-state index contributed by atoms with van der Waals surface area (Å²) in [6.07, 6.45) is -1.87.